The number of para-hydroxylation sites is 1. The van der Waals surface area contributed by atoms with Crippen molar-refractivity contribution in [2.45, 2.75) is 57.2 Å². The Kier molecular flexibility index (Phi) is 6.44. The van der Waals surface area contributed by atoms with Gasteiger partial charge in [-0.15, -0.1) is 0 Å². The van der Waals surface area contributed by atoms with Crippen molar-refractivity contribution < 1.29 is 19.1 Å². The molecule has 0 spiro atoms. The predicted molar refractivity (Wildman–Crippen MR) is 122 cm³/mol. The third-order valence-corrected chi connectivity index (χ3v) is 6.42. The number of carbonyl (C=O) groups excluding carboxylic acids is 3. The van der Waals surface area contributed by atoms with Crippen LogP contribution in [0.15, 0.2) is 48.5 Å². The van der Waals surface area contributed by atoms with E-state index in [2.05, 4.69) is 10.6 Å². The number of carbonyl (C=O) groups is 3. The van der Waals surface area contributed by atoms with Gasteiger partial charge in [0.25, 0.3) is 5.91 Å². The van der Waals surface area contributed by atoms with E-state index in [1.54, 1.807) is 36.3 Å². The van der Waals surface area contributed by atoms with Crippen LogP contribution in [0.1, 0.15) is 48.0 Å². The molecule has 2 N–H and O–H groups in total. The Bertz CT molecular complexity index is 1000. The molecule has 0 radical (unpaired) electrons. The van der Waals surface area contributed by atoms with Crippen LogP contribution in [-0.2, 0) is 9.59 Å². The fourth-order valence-electron chi connectivity index (χ4n) is 4.70. The monoisotopic (exact) mass is 435 g/mol. The summed E-state index contributed by atoms with van der Waals surface area (Å²) in [5.41, 5.74) is 2.12. The van der Waals surface area contributed by atoms with Gasteiger partial charge in [-0.1, -0.05) is 31.0 Å². The zero-order chi connectivity index (χ0) is 22.7. The van der Waals surface area contributed by atoms with Crippen LogP contribution >= 0.6 is 0 Å². The number of hydrogen-bond acceptors (Lipinski definition) is 4. The first-order valence-corrected chi connectivity index (χ1v) is 11.1. The number of aryl methyl sites for hydroxylation is 1. The molecule has 2 aromatic rings. The summed E-state index contributed by atoms with van der Waals surface area (Å²) in [6.45, 7) is 1.91. The molecule has 2 aliphatic rings. The van der Waals surface area contributed by atoms with E-state index in [4.69, 9.17) is 4.74 Å². The van der Waals surface area contributed by atoms with Gasteiger partial charge in [0, 0.05) is 17.3 Å². The van der Waals surface area contributed by atoms with Crippen molar-refractivity contribution in [3.8, 4) is 5.75 Å². The summed E-state index contributed by atoms with van der Waals surface area (Å²) < 4.78 is 5.20. The van der Waals surface area contributed by atoms with E-state index in [1.165, 1.54) is 0 Å². The Morgan fingerprint density at radius 3 is 2.53 bits per heavy atom. The minimum absolute atomic E-state index is 0.0749. The Labute approximate surface area is 188 Å². The lowest BCUT2D eigenvalue weighted by Crippen LogP contribution is -2.68. The number of nitrogens with one attached hydrogen (secondary N) is 2. The van der Waals surface area contributed by atoms with Crippen molar-refractivity contribution in [1.29, 1.82) is 0 Å². The van der Waals surface area contributed by atoms with Gasteiger partial charge in [-0.3, -0.25) is 14.4 Å². The van der Waals surface area contributed by atoms with E-state index in [9.17, 15) is 14.4 Å². The second-order valence-corrected chi connectivity index (χ2v) is 8.49. The number of fused-ring (bicyclic) bond motifs is 1. The maximum Gasteiger partial charge on any atom is 0.254 e. The summed E-state index contributed by atoms with van der Waals surface area (Å²) in [7, 11) is 1.57. The fourth-order valence-corrected chi connectivity index (χ4v) is 4.70. The van der Waals surface area contributed by atoms with E-state index < -0.39 is 6.04 Å². The van der Waals surface area contributed by atoms with Gasteiger partial charge in [-0.25, -0.2) is 0 Å². The molecule has 4 rings (SSSR count). The van der Waals surface area contributed by atoms with Crippen LogP contribution in [0.5, 0.6) is 5.75 Å². The Hall–Kier alpha value is -3.35. The van der Waals surface area contributed by atoms with Crippen LogP contribution in [0.4, 0.5) is 5.69 Å². The molecule has 3 amide bonds. The zero-order valence-electron chi connectivity index (χ0n) is 18.5. The number of anilines is 1. The number of ether oxygens (including phenoxy) is 1. The molecule has 3 atom stereocenters. The highest BCUT2D eigenvalue weighted by Crippen LogP contribution is 2.31. The van der Waals surface area contributed by atoms with Gasteiger partial charge in [-0.2, -0.15) is 0 Å². The molecule has 0 bridgehead atoms. The molecule has 2 fully saturated rings. The van der Waals surface area contributed by atoms with Crippen LogP contribution in [0.3, 0.4) is 0 Å². The number of piperazine rings is 1. The third-order valence-electron chi connectivity index (χ3n) is 6.42. The molecule has 0 unspecified atom stereocenters. The van der Waals surface area contributed by atoms with Crippen LogP contribution < -0.4 is 15.4 Å². The highest BCUT2D eigenvalue weighted by molar-refractivity contribution is 6.01. The number of hydrogen-bond donors (Lipinski definition) is 2. The Balaban J connectivity index is 1.60. The first-order valence-electron chi connectivity index (χ1n) is 11.1. The fraction of sp³-hybridized carbons (Fsp3) is 0.400. The average molecular weight is 436 g/mol. The number of nitrogens with zero attached hydrogens (tertiary/aromatic N) is 1. The summed E-state index contributed by atoms with van der Waals surface area (Å²) in [5, 5.41) is 5.96. The lowest BCUT2D eigenvalue weighted by atomic mass is 9.84. The normalized spacial score (nSPS) is 22.5. The SMILES string of the molecule is COc1ccc(C(=O)N2[C@H](CC(=O)Nc3ccccc3C)C(=O)N[C@H]3CCCC[C@@H]32)cc1. The molecule has 2 aromatic carbocycles. The summed E-state index contributed by atoms with van der Waals surface area (Å²) in [6.07, 6.45) is 3.56. The minimum atomic E-state index is -0.854. The summed E-state index contributed by atoms with van der Waals surface area (Å²) in [5.74, 6) is -0.132. The van der Waals surface area contributed by atoms with Crippen molar-refractivity contribution in [3.05, 3.63) is 59.7 Å². The molecular formula is C25H29N3O4. The predicted octanol–water partition coefficient (Wildman–Crippen LogP) is 3.28. The molecule has 1 heterocycles. The smallest absolute Gasteiger partial charge is 0.254 e. The molecule has 1 saturated carbocycles. The number of rotatable bonds is 5. The molecule has 168 valence electrons. The van der Waals surface area contributed by atoms with Gasteiger partial charge < -0.3 is 20.3 Å². The average Bonchev–Trinajstić information content (AvgIpc) is 2.80. The van der Waals surface area contributed by atoms with Gasteiger partial charge in [-0.05, 0) is 55.7 Å². The molecule has 32 heavy (non-hydrogen) atoms. The van der Waals surface area contributed by atoms with Gasteiger partial charge in [0.15, 0.2) is 0 Å². The standard InChI is InChI=1S/C25H29N3O4/c1-16-7-3-4-8-19(16)26-23(29)15-22-24(30)27-20-9-5-6-10-21(20)28(22)25(31)17-11-13-18(32-2)14-12-17/h3-4,7-8,11-14,20-22H,5-6,9-10,15H2,1-2H3,(H,26,29)(H,27,30)/t20-,21-,22+/m0/s1. The minimum Gasteiger partial charge on any atom is -0.497 e. The topological polar surface area (TPSA) is 87.7 Å². The van der Waals surface area contributed by atoms with Crippen molar-refractivity contribution in [1.82, 2.24) is 10.2 Å². The number of benzene rings is 2. The van der Waals surface area contributed by atoms with Crippen LogP contribution in [0.2, 0.25) is 0 Å². The van der Waals surface area contributed by atoms with Crippen molar-refractivity contribution >= 4 is 23.4 Å². The maximum absolute atomic E-state index is 13.6. The molecule has 1 aliphatic carbocycles. The maximum atomic E-state index is 13.6. The van der Waals surface area contributed by atoms with E-state index in [-0.39, 0.29) is 36.2 Å². The van der Waals surface area contributed by atoms with Gasteiger partial charge in [0.2, 0.25) is 11.8 Å². The number of methoxy groups -OCH3 is 1. The number of amides is 3. The Morgan fingerprint density at radius 2 is 1.81 bits per heavy atom. The lowest BCUT2D eigenvalue weighted by molar-refractivity contribution is -0.135. The summed E-state index contributed by atoms with van der Waals surface area (Å²) in [4.78, 5) is 41.2. The third kappa shape index (κ3) is 4.47. The molecule has 7 heteroatoms. The van der Waals surface area contributed by atoms with E-state index >= 15 is 0 Å². The van der Waals surface area contributed by atoms with Gasteiger partial charge >= 0.3 is 0 Å². The molecule has 7 nitrogen and oxygen atoms in total. The highest BCUT2D eigenvalue weighted by atomic mass is 16.5. The highest BCUT2D eigenvalue weighted by Gasteiger charge is 2.46. The van der Waals surface area contributed by atoms with E-state index in [0.29, 0.717) is 17.0 Å². The van der Waals surface area contributed by atoms with Crippen LogP contribution in [-0.4, -0.2) is 47.9 Å². The van der Waals surface area contributed by atoms with Gasteiger partial charge in [0.1, 0.15) is 11.8 Å². The van der Waals surface area contributed by atoms with E-state index in [1.807, 2.05) is 31.2 Å². The first kappa shape index (κ1) is 21.9. The van der Waals surface area contributed by atoms with E-state index in [0.717, 1.165) is 31.2 Å². The zero-order valence-corrected chi connectivity index (χ0v) is 18.5. The molecule has 1 saturated heterocycles. The van der Waals surface area contributed by atoms with Gasteiger partial charge in [0.05, 0.1) is 19.6 Å². The Morgan fingerprint density at radius 1 is 1.09 bits per heavy atom. The van der Waals surface area contributed by atoms with Crippen molar-refractivity contribution in [2.75, 3.05) is 12.4 Å². The largest absolute Gasteiger partial charge is 0.497 e. The second kappa shape index (κ2) is 9.42. The van der Waals surface area contributed by atoms with Crippen molar-refractivity contribution in [3.63, 3.8) is 0 Å². The first-order chi connectivity index (χ1) is 15.5. The summed E-state index contributed by atoms with van der Waals surface area (Å²) >= 11 is 0. The van der Waals surface area contributed by atoms with Crippen molar-refractivity contribution in [2.24, 2.45) is 0 Å². The van der Waals surface area contributed by atoms with Crippen LogP contribution in [0.25, 0.3) is 0 Å². The second-order valence-electron chi connectivity index (χ2n) is 8.49. The van der Waals surface area contributed by atoms with Crippen LogP contribution in [0, 0.1) is 6.92 Å². The quantitative estimate of drug-likeness (QED) is 0.755. The molecule has 1 aliphatic heterocycles. The molecular weight excluding hydrogens is 406 g/mol. The summed E-state index contributed by atoms with van der Waals surface area (Å²) in [6, 6.07) is 13.3. The molecule has 0 aromatic heterocycles. The lowest BCUT2D eigenvalue weighted by Gasteiger charge is -2.48.